The van der Waals surface area contributed by atoms with Gasteiger partial charge < -0.3 is 14.8 Å². The van der Waals surface area contributed by atoms with Crippen molar-refractivity contribution in [3.63, 3.8) is 0 Å². The monoisotopic (exact) mass is 237 g/mol. The van der Waals surface area contributed by atoms with E-state index < -0.39 is 0 Å². The Morgan fingerprint density at radius 2 is 1.53 bits per heavy atom. The minimum atomic E-state index is 0.503. The Morgan fingerprint density at radius 1 is 1.00 bits per heavy atom. The van der Waals surface area contributed by atoms with Gasteiger partial charge in [0.2, 0.25) is 0 Å². The number of rotatable bonds is 8. The summed E-state index contributed by atoms with van der Waals surface area (Å²) in [6.07, 6.45) is 1.03. The summed E-state index contributed by atoms with van der Waals surface area (Å²) in [5, 5.41) is 3.31. The summed E-state index contributed by atoms with van der Waals surface area (Å²) in [5.74, 6) is 1.79. The summed E-state index contributed by atoms with van der Waals surface area (Å²) in [7, 11) is 0. The zero-order valence-electron chi connectivity index (χ0n) is 11.0. The summed E-state index contributed by atoms with van der Waals surface area (Å²) >= 11 is 0. The van der Waals surface area contributed by atoms with E-state index in [1.807, 2.05) is 24.3 Å². The molecule has 0 aromatic heterocycles. The Hall–Kier alpha value is -1.22. The van der Waals surface area contributed by atoms with Crippen molar-refractivity contribution in [2.45, 2.75) is 33.2 Å². The molecule has 0 aliphatic rings. The first-order chi connectivity index (χ1) is 8.22. The molecule has 3 nitrogen and oxygen atoms in total. The highest BCUT2D eigenvalue weighted by Crippen LogP contribution is 2.17. The second kappa shape index (κ2) is 7.96. The van der Waals surface area contributed by atoms with E-state index in [2.05, 4.69) is 26.1 Å². The summed E-state index contributed by atoms with van der Waals surface area (Å²) in [5.41, 5.74) is 0. The van der Waals surface area contributed by atoms with E-state index in [0.717, 1.165) is 31.1 Å². The van der Waals surface area contributed by atoms with Crippen molar-refractivity contribution in [2.24, 2.45) is 0 Å². The number of nitrogens with one attached hydrogen (secondary N) is 1. The third kappa shape index (κ3) is 6.17. The Bertz CT molecular complexity index is 296. The normalized spacial score (nSPS) is 10.6. The van der Waals surface area contributed by atoms with Gasteiger partial charge >= 0.3 is 0 Å². The minimum Gasteiger partial charge on any atom is -0.494 e. The van der Waals surface area contributed by atoms with Crippen molar-refractivity contribution < 1.29 is 9.47 Å². The van der Waals surface area contributed by atoms with Crippen LogP contribution < -0.4 is 14.8 Å². The molecule has 0 aliphatic carbocycles. The Labute approximate surface area is 104 Å². The highest BCUT2D eigenvalue weighted by atomic mass is 16.5. The van der Waals surface area contributed by atoms with Gasteiger partial charge in [-0.2, -0.15) is 0 Å². The molecule has 0 fully saturated rings. The molecule has 17 heavy (non-hydrogen) atoms. The van der Waals surface area contributed by atoms with Crippen molar-refractivity contribution in [3.05, 3.63) is 24.3 Å². The Kier molecular flexibility index (Phi) is 6.48. The van der Waals surface area contributed by atoms with Crippen molar-refractivity contribution >= 4 is 0 Å². The molecule has 96 valence electrons. The lowest BCUT2D eigenvalue weighted by Crippen LogP contribution is -2.27. The zero-order chi connectivity index (χ0) is 12.5. The molecule has 0 saturated carbocycles. The third-order valence-corrected chi connectivity index (χ3v) is 2.22. The average Bonchev–Trinajstić information content (AvgIpc) is 2.33. The van der Waals surface area contributed by atoms with Gasteiger partial charge in [0.1, 0.15) is 18.1 Å². The summed E-state index contributed by atoms with van der Waals surface area (Å²) in [4.78, 5) is 0. The Balaban J connectivity index is 2.25. The Morgan fingerprint density at radius 3 is 2.00 bits per heavy atom. The summed E-state index contributed by atoms with van der Waals surface area (Å²) in [6, 6.07) is 8.28. The maximum atomic E-state index is 5.60. The van der Waals surface area contributed by atoms with Gasteiger partial charge in [-0.25, -0.2) is 0 Å². The predicted molar refractivity (Wildman–Crippen MR) is 70.9 cm³/mol. The molecule has 0 aliphatic heterocycles. The second-order valence-corrected chi connectivity index (χ2v) is 4.28. The lowest BCUT2D eigenvalue weighted by Gasteiger charge is -2.10. The molecule has 0 heterocycles. The number of hydrogen-bond donors (Lipinski definition) is 1. The van der Waals surface area contributed by atoms with Crippen LogP contribution in [0.5, 0.6) is 11.5 Å². The fourth-order valence-corrected chi connectivity index (χ4v) is 1.37. The summed E-state index contributed by atoms with van der Waals surface area (Å²) < 4.78 is 11.1. The first-order valence-corrected chi connectivity index (χ1v) is 6.31. The van der Waals surface area contributed by atoms with E-state index in [0.29, 0.717) is 12.6 Å². The maximum Gasteiger partial charge on any atom is 0.119 e. The van der Waals surface area contributed by atoms with E-state index in [4.69, 9.17) is 9.47 Å². The molecule has 0 unspecified atom stereocenters. The van der Waals surface area contributed by atoms with Crippen LogP contribution >= 0.6 is 0 Å². The van der Waals surface area contributed by atoms with Gasteiger partial charge in [-0.15, -0.1) is 0 Å². The highest BCUT2D eigenvalue weighted by molar-refractivity contribution is 5.31. The SMILES string of the molecule is CCCOc1ccc(OCCNC(C)C)cc1. The lowest BCUT2D eigenvalue weighted by molar-refractivity contribution is 0.304. The van der Waals surface area contributed by atoms with Gasteiger partial charge in [-0.3, -0.25) is 0 Å². The van der Waals surface area contributed by atoms with Crippen LogP contribution in [0, 0.1) is 0 Å². The van der Waals surface area contributed by atoms with E-state index in [1.54, 1.807) is 0 Å². The van der Waals surface area contributed by atoms with Gasteiger partial charge in [-0.1, -0.05) is 20.8 Å². The average molecular weight is 237 g/mol. The van der Waals surface area contributed by atoms with Crippen LogP contribution in [0.1, 0.15) is 27.2 Å². The highest BCUT2D eigenvalue weighted by Gasteiger charge is 1.96. The van der Waals surface area contributed by atoms with E-state index in [-0.39, 0.29) is 0 Å². The van der Waals surface area contributed by atoms with Crippen LogP contribution in [-0.2, 0) is 0 Å². The molecule has 1 aromatic rings. The molecule has 1 aromatic carbocycles. The zero-order valence-corrected chi connectivity index (χ0v) is 11.0. The topological polar surface area (TPSA) is 30.5 Å². The molecule has 0 radical (unpaired) electrons. The summed E-state index contributed by atoms with van der Waals surface area (Å²) in [6.45, 7) is 8.66. The lowest BCUT2D eigenvalue weighted by atomic mass is 10.3. The van der Waals surface area contributed by atoms with Crippen LogP contribution in [0.4, 0.5) is 0 Å². The smallest absolute Gasteiger partial charge is 0.119 e. The third-order valence-electron chi connectivity index (χ3n) is 2.22. The largest absolute Gasteiger partial charge is 0.494 e. The van der Waals surface area contributed by atoms with Crippen molar-refractivity contribution in [2.75, 3.05) is 19.8 Å². The molecule has 3 heteroatoms. The molecular formula is C14H23NO2. The maximum absolute atomic E-state index is 5.60. The molecule has 0 spiro atoms. The van der Waals surface area contributed by atoms with E-state index in [1.165, 1.54) is 0 Å². The molecule has 0 atom stereocenters. The van der Waals surface area contributed by atoms with Crippen LogP contribution in [-0.4, -0.2) is 25.8 Å². The van der Waals surface area contributed by atoms with Gasteiger partial charge in [0.05, 0.1) is 6.61 Å². The van der Waals surface area contributed by atoms with Gasteiger partial charge in [0.15, 0.2) is 0 Å². The fraction of sp³-hybridized carbons (Fsp3) is 0.571. The first kappa shape index (κ1) is 13.8. The quantitative estimate of drug-likeness (QED) is 0.705. The predicted octanol–water partition coefficient (Wildman–Crippen LogP) is 2.85. The van der Waals surface area contributed by atoms with Crippen molar-refractivity contribution in [1.29, 1.82) is 0 Å². The number of ether oxygens (including phenoxy) is 2. The van der Waals surface area contributed by atoms with Crippen molar-refractivity contribution in [1.82, 2.24) is 5.32 Å². The standard InChI is InChI=1S/C14H23NO2/c1-4-10-16-13-5-7-14(8-6-13)17-11-9-15-12(2)3/h5-8,12,15H,4,9-11H2,1-3H3. The number of hydrogen-bond acceptors (Lipinski definition) is 3. The molecule has 1 N–H and O–H groups in total. The molecule has 0 saturated heterocycles. The molecular weight excluding hydrogens is 214 g/mol. The number of benzene rings is 1. The second-order valence-electron chi connectivity index (χ2n) is 4.28. The molecule has 1 rings (SSSR count). The van der Waals surface area contributed by atoms with Crippen LogP contribution in [0.15, 0.2) is 24.3 Å². The van der Waals surface area contributed by atoms with Crippen molar-refractivity contribution in [3.8, 4) is 11.5 Å². The van der Waals surface area contributed by atoms with Crippen LogP contribution in [0.2, 0.25) is 0 Å². The first-order valence-electron chi connectivity index (χ1n) is 6.31. The van der Waals surface area contributed by atoms with Gasteiger partial charge in [-0.05, 0) is 30.7 Å². The van der Waals surface area contributed by atoms with Crippen LogP contribution in [0.25, 0.3) is 0 Å². The van der Waals surface area contributed by atoms with E-state index in [9.17, 15) is 0 Å². The van der Waals surface area contributed by atoms with Crippen LogP contribution in [0.3, 0.4) is 0 Å². The fourth-order valence-electron chi connectivity index (χ4n) is 1.37. The van der Waals surface area contributed by atoms with E-state index >= 15 is 0 Å². The minimum absolute atomic E-state index is 0.503. The molecule has 0 bridgehead atoms. The van der Waals surface area contributed by atoms with Gasteiger partial charge in [0.25, 0.3) is 0 Å². The van der Waals surface area contributed by atoms with Gasteiger partial charge in [0, 0.05) is 12.6 Å². The molecule has 0 amide bonds.